The summed E-state index contributed by atoms with van der Waals surface area (Å²) in [5.74, 6) is -1.12. The van der Waals surface area contributed by atoms with E-state index in [1.54, 1.807) is 0 Å². The Morgan fingerprint density at radius 3 is 2.84 bits per heavy atom. The smallest absolute Gasteiger partial charge is 0.356 e. The fourth-order valence-corrected chi connectivity index (χ4v) is 1.28. The van der Waals surface area contributed by atoms with Crippen molar-refractivity contribution in [1.29, 1.82) is 0 Å². The molecule has 8 nitrogen and oxygen atoms in total. The molecule has 1 aromatic carbocycles. The van der Waals surface area contributed by atoms with Crippen LogP contribution < -0.4 is 4.74 Å². The lowest BCUT2D eigenvalue weighted by atomic mass is 10.3. The molecule has 96 valence electrons. The number of nitrogens with zero attached hydrogens (tertiary/aromatic N) is 3. The Balaban J connectivity index is 2.26. The fraction of sp³-hybridized carbons (Fsp3) is 0. The number of carbonyl (C=O) groups is 1. The van der Waals surface area contributed by atoms with E-state index in [9.17, 15) is 14.9 Å². The summed E-state index contributed by atoms with van der Waals surface area (Å²) in [6.45, 7) is 0. The molecule has 0 spiro atoms. The Hall–Kier alpha value is -3.03. The quantitative estimate of drug-likeness (QED) is 0.659. The SMILES string of the molecule is O=C(O)c1cncc(Oc2cccc([N+](=O)[O-])c2)n1. The highest BCUT2D eigenvalue weighted by Crippen LogP contribution is 2.23. The molecule has 0 unspecified atom stereocenters. The van der Waals surface area contributed by atoms with Gasteiger partial charge in [0, 0.05) is 6.07 Å². The van der Waals surface area contributed by atoms with Gasteiger partial charge in [0.25, 0.3) is 5.69 Å². The number of ether oxygens (including phenoxy) is 1. The molecule has 0 radical (unpaired) electrons. The molecule has 2 aromatic rings. The first-order chi connectivity index (χ1) is 9.06. The summed E-state index contributed by atoms with van der Waals surface area (Å²) < 4.78 is 5.22. The van der Waals surface area contributed by atoms with Gasteiger partial charge in [0.05, 0.1) is 23.4 Å². The minimum atomic E-state index is -1.24. The van der Waals surface area contributed by atoms with Crippen LogP contribution in [0.5, 0.6) is 11.6 Å². The van der Waals surface area contributed by atoms with Gasteiger partial charge in [-0.05, 0) is 6.07 Å². The van der Waals surface area contributed by atoms with Gasteiger partial charge in [0.1, 0.15) is 5.75 Å². The Morgan fingerprint density at radius 1 is 1.37 bits per heavy atom. The van der Waals surface area contributed by atoms with Crippen molar-refractivity contribution in [3.63, 3.8) is 0 Å². The molecule has 0 aliphatic carbocycles. The number of aromatic carboxylic acids is 1. The van der Waals surface area contributed by atoms with E-state index in [1.165, 1.54) is 30.5 Å². The summed E-state index contributed by atoms with van der Waals surface area (Å²) >= 11 is 0. The van der Waals surface area contributed by atoms with Crippen LogP contribution in [0.1, 0.15) is 10.5 Å². The van der Waals surface area contributed by atoms with Gasteiger partial charge in [-0.2, -0.15) is 0 Å². The summed E-state index contributed by atoms with van der Waals surface area (Å²) in [4.78, 5) is 28.1. The second-order valence-corrected chi connectivity index (χ2v) is 3.40. The molecule has 0 aliphatic rings. The highest BCUT2D eigenvalue weighted by molar-refractivity contribution is 5.84. The maximum absolute atomic E-state index is 10.7. The lowest BCUT2D eigenvalue weighted by molar-refractivity contribution is -0.384. The number of rotatable bonds is 4. The molecule has 0 fully saturated rings. The largest absolute Gasteiger partial charge is 0.476 e. The molecular weight excluding hydrogens is 254 g/mol. The third kappa shape index (κ3) is 3.00. The lowest BCUT2D eigenvalue weighted by Crippen LogP contribution is -2.02. The Bertz CT molecular complexity index is 588. The maximum Gasteiger partial charge on any atom is 0.356 e. The molecule has 8 heteroatoms. The molecule has 1 aromatic heterocycles. The minimum absolute atomic E-state index is 0.0552. The molecule has 0 atom stereocenters. The highest BCUT2D eigenvalue weighted by atomic mass is 16.6. The number of hydrogen-bond acceptors (Lipinski definition) is 6. The maximum atomic E-state index is 10.7. The summed E-state index contributed by atoms with van der Waals surface area (Å²) in [6, 6.07) is 5.45. The molecule has 0 amide bonds. The van der Waals surface area contributed by atoms with Gasteiger partial charge < -0.3 is 9.84 Å². The van der Waals surface area contributed by atoms with Crippen LogP contribution in [0.2, 0.25) is 0 Å². The number of nitro groups is 1. The highest BCUT2D eigenvalue weighted by Gasteiger charge is 2.10. The van der Waals surface area contributed by atoms with E-state index < -0.39 is 10.9 Å². The van der Waals surface area contributed by atoms with Crippen molar-refractivity contribution in [3.05, 3.63) is 52.5 Å². The molecule has 19 heavy (non-hydrogen) atoms. The molecule has 1 heterocycles. The molecule has 1 N–H and O–H groups in total. The second kappa shape index (κ2) is 5.08. The number of non-ortho nitro benzene ring substituents is 1. The van der Waals surface area contributed by atoms with Crippen molar-refractivity contribution >= 4 is 11.7 Å². The standard InChI is InChI=1S/C11H7N3O5/c15-11(16)9-5-12-6-10(13-9)19-8-3-1-2-7(4-8)14(17)18/h1-6H,(H,15,16). The van der Waals surface area contributed by atoms with Gasteiger partial charge in [-0.1, -0.05) is 6.07 Å². The Morgan fingerprint density at radius 2 is 2.16 bits per heavy atom. The predicted octanol–water partition coefficient (Wildman–Crippen LogP) is 1.88. The van der Waals surface area contributed by atoms with Gasteiger partial charge >= 0.3 is 5.97 Å². The first-order valence-corrected chi connectivity index (χ1v) is 5.04. The van der Waals surface area contributed by atoms with Gasteiger partial charge in [0.15, 0.2) is 5.69 Å². The third-order valence-corrected chi connectivity index (χ3v) is 2.08. The van der Waals surface area contributed by atoms with Gasteiger partial charge in [-0.3, -0.25) is 15.1 Å². The number of aromatic nitrogens is 2. The number of benzene rings is 1. The van der Waals surface area contributed by atoms with Crippen molar-refractivity contribution in [2.45, 2.75) is 0 Å². The summed E-state index contributed by atoms with van der Waals surface area (Å²) in [6.07, 6.45) is 2.29. The first kappa shape index (κ1) is 12.4. The Labute approximate surface area is 106 Å². The average molecular weight is 261 g/mol. The van der Waals surface area contributed by atoms with Crippen LogP contribution in [-0.2, 0) is 0 Å². The molecule has 0 bridgehead atoms. The predicted molar refractivity (Wildman–Crippen MR) is 62.2 cm³/mol. The number of carboxylic acids is 1. The summed E-state index contributed by atoms with van der Waals surface area (Å²) in [5.41, 5.74) is -0.414. The van der Waals surface area contributed by atoms with Gasteiger partial charge in [0.2, 0.25) is 5.88 Å². The lowest BCUT2D eigenvalue weighted by Gasteiger charge is -2.04. The zero-order valence-electron chi connectivity index (χ0n) is 9.39. The molecule has 0 saturated heterocycles. The van der Waals surface area contributed by atoms with Crippen molar-refractivity contribution in [1.82, 2.24) is 9.97 Å². The van der Waals surface area contributed by atoms with E-state index in [2.05, 4.69) is 9.97 Å². The summed E-state index contributed by atoms with van der Waals surface area (Å²) in [5, 5.41) is 19.3. The second-order valence-electron chi connectivity index (χ2n) is 3.40. The number of hydrogen-bond donors (Lipinski definition) is 1. The van der Waals surface area contributed by atoms with E-state index in [0.717, 1.165) is 6.20 Å². The average Bonchev–Trinajstić information content (AvgIpc) is 2.39. The fourth-order valence-electron chi connectivity index (χ4n) is 1.28. The van der Waals surface area contributed by atoms with Gasteiger partial charge in [-0.15, -0.1) is 0 Å². The third-order valence-electron chi connectivity index (χ3n) is 2.08. The molecule has 0 aliphatic heterocycles. The number of carboxylic acid groups (broad SMARTS) is 1. The van der Waals surface area contributed by atoms with Crippen LogP contribution in [0.15, 0.2) is 36.7 Å². The van der Waals surface area contributed by atoms with E-state index in [4.69, 9.17) is 9.84 Å². The molecule has 0 saturated carbocycles. The van der Waals surface area contributed by atoms with Crippen molar-refractivity contribution in [2.75, 3.05) is 0 Å². The van der Waals surface area contributed by atoms with Crippen LogP contribution >= 0.6 is 0 Å². The van der Waals surface area contributed by atoms with Crippen LogP contribution in [0, 0.1) is 10.1 Å². The van der Waals surface area contributed by atoms with E-state index >= 15 is 0 Å². The zero-order chi connectivity index (χ0) is 13.8. The molecular formula is C11H7N3O5. The van der Waals surface area contributed by atoms with Gasteiger partial charge in [-0.25, -0.2) is 9.78 Å². The monoisotopic (exact) mass is 261 g/mol. The zero-order valence-corrected chi connectivity index (χ0v) is 9.39. The van der Waals surface area contributed by atoms with Crippen molar-refractivity contribution < 1.29 is 19.6 Å². The Kier molecular flexibility index (Phi) is 3.33. The topological polar surface area (TPSA) is 115 Å². The van der Waals surface area contributed by atoms with Crippen LogP contribution in [-0.4, -0.2) is 26.0 Å². The minimum Gasteiger partial charge on any atom is -0.476 e. The van der Waals surface area contributed by atoms with E-state index in [0.29, 0.717) is 0 Å². The van der Waals surface area contributed by atoms with Crippen LogP contribution in [0.4, 0.5) is 5.69 Å². The first-order valence-electron chi connectivity index (χ1n) is 5.04. The van der Waals surface area contributed by atoms with Crippen LogP contribution in [0.25, 0.3) is 0 Å². The summed E-state index contributed by atoms with van der Waals surface area (Å²) in [7, 11) is 0. The number of nitro benzene ring substituents is 1. The van der Waals surface area contributed by atoms with Crippen LogP contribution in [0.3, 0.4) is 0 Å². The van der Waals surface area contributed by atoms with E-state index in [-0.39, 0.29) is 23.0 Å². The van der Waals surface area contributed by atoms with E-state index in [1.807, 2.05) is 0 Å². The normalized spacial score (nSPS) is 9.89. The van der Waals surface area contributed by atoms with Crippen molar-refractivity contribution in [2.24, 2.45) is 0 Å². The molecule has 2 rings (SSSR count). The van der Waals surface area contributed by atoms with Crippen molar-refractivity contribution in [3.8, 4) is 11.6 Å².